The van der Waals surface area contributed by atoms with Gasteiger partial charge in [0.2, 0.25) is 27.7 Å². The van der Waals surface area contributed by atoms with Crippen LogP contribution in [0.4, 0.5) is 4.79 Å². The van der Waals surface area contributed by atoms with Gasteiger partial charge in [-0.3, -0.25) is 24.0 Å². The predicted molar refractivity (Wildman–Crippen MR) is 247 cm³/mol. The highest BCUT2D eigenvalue weighted by Gasteiger charge is 2.63. The average molecular weight is 933 g/mol. The summed E-state index contributed by atoms with van der Waals surface area (Å²) >= 11 is 0. The molecule has 4 amide bonds. The number of ether oxygens (including phenoxy) is 4. The van der Waals surface area contributed by atoms with Gasteiger partial charge in [0.1, 0.15) is 53.5 Å². The van der Waals surface area contributed by atoms with Crippen LogP contribution < -0.4 is 29.6 Å². The fourth-order valence-electron chi connectivity index (χ4n) is 10.9. The van der Waals surface area contributed by atoms with E-state index in [4.69, 9.17) is 23.9 Å². The van der Waals surface area contributed by atoms with Crippen molar-refractivity contribution in [2.75, 3.05) is 39.9 Å². The molecule has 1 aromatic heterocycles. The van der Waals surface area contributed by atoms with Crippen LogP contribution in [-0.4, -0.2) is 121 Å². The number of hydrogen-bond donors (Lipinski definition) is 3. The van der Waals surface area contributed by atoms with Crippen LogP contribution in [0, 0.1) is 17.8 Å². The summed E-state index contributed by atoms with van der Waals surface area (Å²) in [7, 11) is -2.42. The van der Waals surface area contributed by atoms with Gasteiger partial charge >= 0.3 is 6.09 Å². The van der Waals surface area contributed by atoms with Crippen LogP contribution in [0.5, 0.6) is 17.4 Å². The number of methoxy groups -OCH3 is 1. The lowest BCUT2D eigenvalue weighted by molar-refractivity contribution is -0.142. The standard InChI is InChI=1S/C49H68N6O10S/c1-4-33-29-49(33,46(58)53-66(60,61)48(2)21-22-48)52-43(56)37-28-34-30-55(37)45(57)40(31-15-8-5-9-16-31)51-47(59)65-39-27-32(39)17-10-6-11-18-36-42(63-26-25-54-23-12-7-13-24-54)35-19-14-20-38(62-3)41(35)50-44(36)64-34/h4,14,19-20,31-34,37,39-40H,1,5-13,15-18,21-30H2,2-3H3,(H,51,59)(H,52,56)(H,53,58)/t32-,33-,34-,37+,39-,40+,49-/m1/s1. The Morgan fingerprint density at radius 2 is 1.71 bits per heavy atom. The van der Waals surface area contributed by atoms with Crippen LogP contribution in [0.25, 0.3) is 10.9 Å². The van der Waals surface area contributed by atoms with Crippen LogP contribution in [0.15, 0.2) is 30.9 Å². The molecule has 6 fully saturated rings. The molecule has 7 atom stereocenters. The molecule has 0 radical (unpaired) electrons. The molecule has 17 heteroatoms. The van der Waals surface area contributed by atoms with Gasteiger partial charge in [-0.05, 0) is 115 Å². The van der Waals surface area contributed by atoms with Gasteiger partial charge in [0.05, 0.1) is 24.0 Å². The number of rotatable bonds is 12. The van der Waals surface area contributed by atoms with Crippen LogP contribution >= 0.6 is 0 Å². The smallest absolute Gasteiger partial charge is 0.408 e. The van der Waals surface area contributed by atoms with E-state index < -0.39 is 68.2 Å². The maximum absolute atomic E-state index is 15.2. The summed E-state index contributed by atoms with van der Waals surface area (Å²) in [5, 5.41) is 6.69. The highest BCUT2D eigenvalue weighted by Crippen LogP contribution is 2.48. The molecular weight excluding hydrogens is 865 g/mol. The first kappa shape index (κ1) is 46.5. The molecular formula is C49H68N6O10S. The second-order valence-corrected chi connectivity index (χ2v) is 22.5. The Bertz CT molecular complexity index is 2290. The number of piperidine rings is 1. The zero-order chi connectivity index (χ0) is 46.2. The van der Waals surface area contributed by atoms with E-state index in [0.29, 0.717) is 48.8 Å². The number of carbonyl (C=O) groups excluding carboxylic acids is 4. The minimum absolute atomic E-state index is 0.0192. The molecule has 4 heterocycles. The van der Waals surface area contributed by atoms with Gasteiger partial charge in [0.15, 0.2) is 0 Å². The number of benzene rings is 1. The Morgan fingerprint density at radius 1 is 0.985 bits per heavy atom. The number of hydrogen-bond acceptors (Lipinski definition) is 12. The number of amides is 4. The van der Waals surface area contributed by atoms with E-state index in [-0.39, 0.29) is 37.3 Å². The molecule has 66 heavy (non-hydrogen) atoms. The second-order valence-electron chi connectivity index (χ2n) is 20.3. The monoisotopic (exact) mass is 932 g/mol. The zero-order valence-corrected chi connectivity index (χ0v) is 39.5. The molecule has 360 valence electrons. The summed E-state index contributed by atoms with van der Waals surface area (Å²) in [6.45, 7) is 8.76. The number of para-hydroxylation sites is 1. The third-order valence-corrected chi connectivity index (χ3v) is 17.8. The quantitative estimate of drug-likeness (QED) is 0.220. The summed E-state index contributed by atoms with van der Waals surface area (Å²) in [5.41, 5.74) is -0.192. The largest absolute Gasteiger partial charge is 0.494 e. The fraction of sp³-hybridized carbons (Fsp3) is 0.694. The van der Waals surface area contributed by atoms with Crippen molar-refractivity contribution in [3.63, 3.8) is 0 Å². The van der Waals surface area contributed by atoms with Crippen LogP contribution in [0.1, 0.15) is 122 Å². The first-order valence-corrected chi connectivity index (χ1v) is 26.1. The number of alkyl carbamates (subject to hydrolysis) is 1. The molecule has 4 aliphatic carbocycles. The van der Waals surface area contributed by atoms with E-state index in [1.807, 2.05) is 18.2 Å². The number of nitrogens with zero attached hydrogens (tertiary/aromatic N) is 3. The number of fused-ring (bicyclic) bond motifs is 5. The van der Waals surface area contributed by atoms with Crippen molar-refractivity contribution >= 4 is 44.7 Å². The summed E-state index contributed by atoms with van der Waals surface area (Å²) in [6.07, 6.45) is 13.8. The van der Waals surface area contributed by atoms with Crippen molar-refractivity contribution < 1.29 is 46.5 Å². The number of nitrogens with one attached hydrogen (secondary N) is 3. The topological polar surface area (TPSA) is 195 Å². The van der Waals surface area contributed by atoms with E-state index >= 15 is 4.79 Å². The normalized spacial score (nSPS) is 30.5. The van der Waals surface area contributed by atoms with Crippen molar-refractivity contribution in [3.05, 3.63) is 36.4 Å². The number of sulfonamides is 1. The molecule has 2 saturated heterocycles. The molecule has 16 nitrogen and oxygen atoms in total. The second kappa shape index (κ2) is 19.2. The van der Waals surface area contributed by atoms with Gasteiger partial charge in [0.25, 0.3) is 5.91 Å². The molecule has 9 rings (SSSR count). The van der Waals surface area contributed by atoms with Crippen LogP contribution in [0.3, 0.4) is 0 Å². The molecule has 3 N–H and O–H groups in total. The lowest BCUT2D eigenvalue weighted by Crippen LogP contribution is -2.59. The highest BCUT2D eigenvalue weighted by molar-refractivity contribution is 7.91. The number of carbonyl (C=O) groups is 4. The molecule has 3 aliphatic heterocycles. The molecule has 0 spiro atoms. The Balaban J connectivity index is 1.07. The minimum Gasteiger partial charge on any atom is -0.494 e. The minimum atomic E-state index is -4.02. The SMILES string of the molecule is C=C[C@@H]1C[C@]1(NC(=O)[C@@H]1C[C@@H]2CN1C(=O)[C@H](C1CCCCC1)NC(=O)O[C@@H]1C[C@H]1CCCCCc1c(nc3c(OC)cccc3c1OCCN1CCCCC1)O2)C(=O)NS(=O)(=O)C1(C)CC1. The molecule has 0 unspecified atom stereocenters. The van der Waals surface area contributed by atoms with Crippen molar-refractivity contribution in [3.8, 4) is 17.4 Å². The maximum atomic E-state index is 15.2. The third kappa shape index (κ3) is 9.70. The Kier molecular flexibility index (Phi) is 13.5. The molecule has 2 bridgehead atoms. The number of aromatic nitrogens is 1. The summed E-state index contributed by atoms with van der Waals surface area (Å²) in [5.74, 6) is -0.786. The van der Waals surface area contributed by atoms with E-state index in [0.717, 1.165) is 94.8 Å². The van der Waals surface area contributed by atoms with Crippen molar-refractivity contribution in [2.24, 2.45) is 17.8 Å². The molecule has 2 aromatic rings. The molecule has 4 saturated carbocycles. The van der Waals surface area contributed by atoms with Crippen LogP contribution in [-0.2, 0) is 35.6 Å². The maximum Gasteiger partial charge on any atom is 0.408 e. The summed E-state index contributed by atoms with van der Waals surface area (Å²) in [4.78, 5) is 66.6. The van der Waals surface area contributed by atoms with Crippen molar-refractivity contribution in [1.29, 1.82) is 0 Å². The number of likely N-dealkylation sites (tertiary alicyclic amines) is 1. The zero-order valence-electron chi connectivity index (χ0n) is 38.7. The highest BCUT2D eigenvalue weighted by atomic mass is 32.2. The first-order chi connectivity index (χ1) is 31.8. The summed E-state index contributed by atoms with van der Waals surface area (Å²) in [6, 6.07) is 3.66. The van der Waals surface area contributed by atoms with E-state index in [9.17, 15) is 22.8 Å². The van der Waals surface area contributed by atoms with Gasteiger partial charge in [-0.25, -0.2) is 18.2 Å². The van der Waals surface area contributed by atoms with Gasteiger partial charge in [-0.2, -0.15) is 0 Å². The van der Waals surface area contributed by atoms with E-state index in [1.165, 1.54) is 24.2 Å². The Morgan fingerprint density at radius 3 is 2.42 bits per heavy atom. The Labute approximate surface area is 388 Å². The molecule has 1 aromatic carbocycles. The number of pyridine rings is 1. The fourth-order valence-corrected chi connectivity index (χ4v) is 12.2. The Hall–Kier alpha value is -4.64. The van der Waals surface area contributed by atoms with Crippen molar-refractivity contribution in [1.82, 2.24) is 30.1 Å². The van der Waals surface area contributed by atoms with Gasteiger partial charge in [-0.1, -0.05) is 50.7 Å². The van der Waals surface area contributed by atoms with Crippen LogP contribution in [0.2, 0.25) is 0 Å². The summed E-state index contributed by atoms with van der Waals surface area (Å²) < 4.78 is 53.3. The van der Waals surface area contributed by atoms with Gasteiger partial charge < -0.3 is 34.5 Å². The first-order valence-electron chi connectivity index (χ1n) is 24.6. The van der Waals surface area contributed by atoms with E-state index in [1.54, 1.807) is 20.1 Å². The average Bonchev–Trinajstić information content (AvgIpc) is 4.28. The van der Waals surface area contributed by atoms with Gasteiger partial charge in [0, 0.05) is 24.3 Å². The lowest BCUT2D eigenvalue weighted by Gasteiger charge is -2.34. The van der Waals surface area contributed by atoms with E-state index in [2.05, 4.69) is 26.8 Å². The lowest BCUT2D eigenvalue weighted by atomic mass is 9.83. The predicted octanol–water partition coefficient (Wildman–Crippen LogP) is 5.70. The van der Waals surface area contributed by atoms with Gasteiger partial charge in [-0.15, -0.1) is 6.58 Å². The third-order valence-electron chi connectivity index (χ3n) is 15.6. The molecule has 7 aliphatic rings. The van der Waals surface area contributed by atoms with Crippen molar-refractivity contribution in [2.45, 2.75) is 157 Å².